The highest BCUT2D eigenvalue weighted by molar-refractivity contribution is 7.13. The number of carbonyl (C=O) groups is 4. The first-order valence-electron chi connectivity index (χ1n) is 26.4. The summed E-state index contributed by atoms with van der Waals surface area (Å²) in [5, 5.41) is 23.1. The molecule has 3 aliphatic rings. The van der Waals surface area contributed by atoms with Gasteiger partial charge in [0.1, 0.15) is 30.3 Å². The zero-order valence-electron chi connectivity index (χ0n) is 43.9. The van der Waals surface area contributed by atoms with Crippen molar-refractivity contribution in [1.29, 1.82) is 0 Å². The minimum Gasteiger partial charge on any atom is -0.494 e. The van der Waals surface area contributed by atoms with Crippen LogP contribution in [0.2, 0.25) is 0 Å². The number of hydrogen-bond donors (Lipinski definition) is 5. The molecule has 402 valence electrons. The third-order valence-electron chi connectivity index (χ3n) is 13.6. The first kappa shape index (κ1) is 56.0. The minimum atomic E-state index is -0.939. The van der Waals surface area contributed by atoms with Gasteiger partial charge in [0.05, 0.1) is 28.8 Å². The highest BCUT2D eigenvalue weighted by Crippen LogP contribution is 2.43. The molecule has 0 radical (unpaired) electrons. The van der Waals surface area contributed by atoms with Gasteiger partial charge in [-0.3, -0.25) is 19.2 Å². The zero-order chi connectivity index (χ0) is 52.5. The van der Waals surface area contributed by atoms with E-state index in [1.807, 2.05) is 99.9 Å². The van der Waals surface area contributed by atoms with Crippen LogP contribution in [0.25, 0.3) is 10.4 Å². The molecular weight excluding hydrogens is 963 g/mol. The van der Waals surface area contributed by atoms with Gasteiger partial charge < -0.3 is 55.1 Å². The Hall–Kier alpha value is -5.73. The molecule has 2 aromatic heterocycles. The van der Waals surface area contributed by atoms with E-state index in [2.05, 4.69) is 31.2 Å². The molecule has 2 saturated carbocycles. The third kappa shape index (κ3) is 16.9. The molecule has 3 fully saturated rings. The summed E-state index contributed by atoms with van der Waals surface area (Å²) in [6.07, 6.45) is 9.69. The number of benzene rings is 2. The van der Waals surface area contributed by atoms with Gasteiger partial charge in [-0.05, 0) is 98.6 Å². The second-order valence-electron chi connectivity index (χ2n) is 20.7. The number of likely N-dealkylation sites (tertiary alicyclic amines) is 1. The van der Waals surface area contributed by atoms with Crippen LogP contribution in [0, 0.1) is 18.3 Å². The number of amides is 4. The molecule has 2 aliphatic carbocycles. The Balaban J connectivity index is 0.695. The number of aromatic nitrogens is 3. The van der Waals surface area contributed by atoms with Gasteiger partial charge in [0.15, 0.2) is 0 Å². The van der Waals surface area contributed by atoms with E-state index in [0.717, 1.165) is 95.9 Å². The first-order valence-corrected chi connectivity index (χ1v) is 27.3. The van der Waals surface area contributed by atoms with Crippen LogP contribution in [0.5, 0.6) is 5.75 Å². The molecule has 1 saturated heterocycles. The average molecular weight is 1040 g/mol. The van der Waals surface area contributed by atoms with Crippen molar-refractivity contribution in [2.24, 2.45) is 11.3 Å². The molecule has 2 aromatic carbocycles. The quantitative estimate of drug-likeness (QED) is 0.0333. The van der Waals surface area contributed by atoms with Crippen LogP contribution in [0.4, 0.5) is 17.5 Å². The maximum absolute atomic E-state index is 13.9. The van der Waals surface area contributed by atoms with Crippen LogP contribution < -0.4 is 26.0 Å². The molecule has 19 heteroatoms. The van der Waals surface area contributed by atoms with E-state index < -0.39 is 35.4 Å². The van der Waals surface area contributed by atoms with E-state index in [1.165, 1.54) is 4.90 Å². The molecular formula is C55H77N9O9S. The van der Waals surface area contributed by atoms with E-state index in [0.29, 0.717) is 71.0 Å². The molecule has 3 heterocycles. The number of aryl methyl sites for hydroxylation is 1. The number of thiazole rings is 1. The number of nitrogens with one attached hydrogen (secondary N) is 4. The van der Waals surface area contributed by atoms with Gasteiger partial charge in [-0.25, -0.2) is 9.97 Å². The van der Waals surface area contributed by atoms with Crippen molar-refractivity contribution < 1.29 is 43.2 Å². The highest BCUT2D eigenvalue weighted by atomic mass is 32.1. The van der Waals surface area contributed by atoms with Gasteiger partial charge in [0, 0.05) is 102 Å². The minimum absolute atomic E-state index is 0.00198. The lowest BCUT2D eigenvalue weighted by Gasteiger charge is -2.35. The number of β-amino-alcohol motifs (C(OH)–C–C–N with tert-alkyl or cyclic N) is 1. The monoisotopic (exact) mass is 1040 g/mol. The van der Waals surface area contributed by atoms with E-state index in [1.54, 1.807) is 11.3 Å². The Morgan fingerprint density at radius 1 is 0.878 bits per heavy atom. The van der Waals surface area contributed by atoms with Crippen LogP contribution in [0.1, 0.15) is 108 Å². The smallest absolute Gasteiger partial charge is 0.246 e. The standard InChI is InChI=1S/C55H77N9O9S/c1-37-48(74-36-59-37)40-15-13-38(14-16-40)32-57-51(67)46-31-43(65)34-64(46)53(69)49(55(2,3)4)61-47(66)35-72-29-9-27-70-25-6-7-26-71-28-10-30-73-44-21-19-42(20-22-44)60-54-58-33-45(39-17-18-39)50(62-54)56-23-24-63(5)52(68)41-11-8-12-41/h13-16,19-22,33,36,39,41,43,46,49,65H,6-12,17-18,23-32,34-35H2,1-5H3,(H,57,67)(H,61,66)(H2,56,58,60,62)/t43-,46+,49-/m1/s1. The van der Waals surface area contributed by atoms with E-state index >= 15 is 0 Å². The Morgan fingerprint density at radius 2 is 1.57 bits per heavy atom. The van der Waals surface area contributed by atoms with Crippen molar-refractivity contribution >= 4 is 52.4 Å². The molecule has 5 N–H and O–H groups in total. The maximum Gasteiger partial charge on any atom is 0.246 e. The molecule has 0 unspecified atom stereocenters. The Labute approximate surface area is 440 Å². The number of anilines is 3. The van der Waals surface area contributed by atoms with Crippen LogP contribution in [0.3, 0.4) is 0 Å². The molecule has 0 bridgehead atoms. The van der Waals surface area contributed by atoms with E-state index in [-0.39, 0.29) is 43.8 Å². The molecule has 0 spiro atoms. The summed E-state index contributed by atoms with van der Waals surface area (Å²) in [6.45, 7) is 12.0. The van der Waals surface area contributed by atoms with Crippen LogP contribution >= 0.6 is 11.3 Å². The van der Waals surface area contributed by atoms with Crippen molar-refractivity contribution in [1.82, 2.24) is 35.4 Å². The zero-order valence-corrected chi connectivity index (χ0v) is 44.7. The predicted octanol–water partition coefficient (Wildman–Crippen LogP) is 7.00. The Morgan fingerprint density at radius 3 is 2.22 bits per heavy atom. The summed E-state index contributed by atoms with van der Waals surface area (Å²) in [7, 11) is 1.88. The van der Waals surface area contributed by atoms with Crippen molar-refractivity contribution in [3.05, 3.63) is 77.1 Å². The van der Waals surface area contributed by atoms with Crippen molar-refractivity contribution in [2.45, 2.75) is 123 Å². The molecule has 4 aromatic rings. The van der Waals surface area contributed by atoms with Crippen molar-refractivity contribution in [3.63, 3.8) is 0 Å². The summed E-state index contributed by atoms with van der Waals surface area (Å²) in [6, 6.07) is 13.8. The van der Waals surface area contributed by atoms with E-state index in [9.17, 15) is 24.3 Å². The fourth-order valence-corrected chi connectivity index (χ4v) is 9.65. The molecule has 18 nitrogen and oxygen atoms in total. The fraction of sp³-hybridized carbons (Fsp3) is 0.582. The number of rotatable bonds is 30. The summed E-state index contributed by atoms with van der Waals surface area (Å²) in [5.41, 5.74) is 6.05. The summed E-state index contributed by atoms with van der Waals surface area (Å²) in [4.78, 5) is 70.9. The second kappa shape index (κ2) is 27.7. The number of ether oxygens (including phenoxy) is 4. The molecule has 1 aliphatic heterocycles. The van der Waals surface area contributed by atoms with Gasteiger partial charge in [-0.1, -0.05) is 51.5 Å². The number of aliphatic hydroxyl groups is 1. The van der Waals surface area contributed by atoms with Gasteiger partial charge in [-0.2, -0.15) is 4.98 Å². The number of carbonyl (C=O) groups excluding carboxylic acids is 4. The number of nitrogens with zero attached hydrogens (tertiary/aromatic N) is 5. The normalized spacial score (nSPS) is 17.1. The largest absolute Gasteiger partial charge is 0.494 e. The van der Waals surface area contributed by atoms with E-state index in [4.69, 9.17) is 23.9 Å². The van der Waals surface area contributed by atoms with Gasteiger partial charge in [0.2, 0.25) is 29.6 Å². The van der Waals surface area contributed by atoms with Gasteiger partial charge in [0.25, 0.3) is 0 Å². The topological polar surface area (TPSA) is 219 Å². The lowest BCUT2D eigenvalue weighted by molar-refractivity contribution is -0.144. The molecule has 3 atom stereocenters. The van der Waals surface area contributed by atoms with Crippen molar-refractivity contribution in [2.75, 3.05) is 83.6 Å². The van der Waals surface area contributed by atoms with Gasteiger partial charge >= 0.3 is 0 Å². The second-order valence-corrected chi connectivity index (χ2v) is 21.6. The van der Waals surface area contributed by atoms with Crippen LogP contribution in [-0.2, 0) is 39.9 Å². The Kier molecular flexibility index (Phi) is 21.0. The fourth-order valence-electron chi connectivity index (χ4n) is 8.84. The SMILES string of the molecule is Cc1ncsc1-c1ccc(CNC(=O)[C@@H]2C[C@@H](O)CN2C(=O)[C@@H](NC(=O)COCCCOCCCCOCCCOc2ccc(Nc3ncc(C4CC4)c(NCCN(C)C(=O)C4CCC4)n3)cc2)C(C)(C)C)cc1. The lowest BCUT2D eigenvalue weighted by Crippen LogP contribution is -2.58. The van der Waals surface area contributed by atoms with Crippen LogP contribution in [0.15, 0.2) is 60.2 Å². The highest BCUT2D eigenvalue weighted by Gasteiger charge is 2.44. The summed E-state index contributed by atoms with van der Waals surface area (Å²) >= 11 is 1.58. The average Bonchev–Trinajstić information content (AvgIpc) is 4.00. The first-order chi connectivity index (χ1) is 35.7. The predicted molar refractivity (Wildman–Crippen MR) is 285 cm³/mol. The molecule has 74 heavy (non-hydrogen) atoms. The number of likely N-dealkylation sites (N-methyl/N-ethyl adjacent to an activating group) is 1. The maximum atomic E-state index is 13.9. The number of hydrogen-bond acceptors (Lipinski definition) is 15. The van der Waals surface area contributed by atoms with Crippen LogP contribution in [-0.4, -0.2) is 145 Å². The molecule has 4 amide bonds. The number of aliphatic hydroxyl groups excluding tert-OH is 1. The number of unbranched alkanes of at least 4 members (excludes halogenated alkanes) is 1. The van der Waals surface area contributed by atoms with Crippen molar-refractivity contribution in [3.8, 4) is 16.2 Å². The third-order valence-corrected chi connectivity index (χ3v) is 14.5. The summed E-state index contributed by atoms with van der Waals surface area (Å²) in [5.74, 6) is 1.81. The Bertz CT molecular complexity index is 2430. The molecule has 7 rings (SSSR count). The lowest BCUT2D eigenvalue weighted by atomic mass is 9.84. The summed E-state index contributed by atoms with van der Waals surface area (Å²) < 4.78 is 23.1. The van der Waals surface area contributed by atoms with Gasteiger partial charge in [-0.15, -0.1) is 11.3 Å².